The summed E-state index contributed by atoms with van der Waals surface area (Å²) in [5.74, 6) is 0.377. The first-order chi connectivity index (χ1) is 10.8. The number of morpholine rings is 1. The quantitative estimate of drug-likeness (QED) is 0.799. The number of nitrogens with zero attached hydrogens (tertiary/aromatic N) is 4. The molecule has 0 radical (unpaired) electrons. The van der Waals surface area contributed by atoms with Crippen molar-refractivity contribution in [1.29, 1.82) is 0 Å². The predicted molar refractivity (Wildman–Crippen MR) is 83.4 cm³/mol. The molecule has 0 bridgehead atoms. The average molecular weight is 320 g/mol. The van der Waals surface area contributed by atoms with Crippen molar-refractivity contribution in [3.63, 3.8) is 0 Å². The van der Waals surface area contributed by atoms with Crippen molar-refractivity contribution >= 4 is 11.8 Å². The van der Waals surface area contributed by atoms with E-state index in [0.29, 0.717) is 19.7 Å². The van der Waals surface area contributed by atoms with E-state index in [4.69, 9.17) is 4.74 Å². The SMILES string of the molecule is CN1C(=O)C[C@H](C(=O)N2CCOC(C)(C)C2)[C@H]1c1nccn1C. The molecule has 3 heterocycles. The Balaban J connectivity index is 1.86. The van der Waals surface area contributed by atoms with Gasteiger partial charge in [0.05, 0.1) is 18.1 Å². The van der Waals surface area contributed by atoms with Crippen LogP contribution in [0, 0.1) is 5.92 Å². The van der Waals surface area contributed by atoms with Crippen LogP contribution < -0.4 is 0 Å². The number of carbonyl (C=O) groups is 2. The van der Waals surface area contributed by atoms with E-state index in [0.717, 1.165) is 5.82 Å². The minimum atomic E-state index is -0.387. The summed E-state index contributed by atoms with van der Waals surface area (Å²) < 4.78 is 7.56. The maximum absolute atomic E-state index is 13.1. The van der Waals surface area contributed by atoms with E-state index in [2.05, 4.69) is 4.98 Å². The van der Waals surface area contributed by atoms with Crippen LogP contribution >= 0.6 is 0 Å². The Labute approximate surface area is 136 Å². The number of aryl methyl sites for hydroxylation is 1. The van der Waals surface area contributed by atoms with Crippen LogP contribution in [0.2, 0.25) is 0 Å². The normalized spacial score (nSPS) is 27.6. The number of carbonyl (C=O) groups excluding carboxylic acids is 2. The zero-order chi connectivity index (χ0) is 16.8. The molecular weight excluding hydrogens is 296 g/mol. The highest BCUT2D eigenvalue weighted by molar-refractivity contribution is 5.90. The first-order valence-electron chi connectivity index (χ1n) is 7.96. The molecule has 23 heavy (non-hydrogen) atoms. The van der Waals surface area contributed by atoms with Gasteiger partial charge in [0.15, 0.2) is 0 Å². The molecule has 1 aromatic heterocycles. The summed E-state index contributed by atoms with van der Waals surface area (Å²) in [5.41, 5.74) is -0.346. The second-order valence-corrected chi connectivity index (χ2v) is 7.02. The topological polar surface area (TPSA) is 67.7 Å². The Kier molecular flexibility index (Phi) is 3.91. The van der Waals surface area contributed by atoms with Crippen LogP contribution in [0.5, 0.6) is 0 Å². The Morgan fingerprint density at radius 2 is 2.13 bits per heavy atom. The van der Waals surface area contributed by atoms with Gasteiger partial charge in [0.2, 0.25) is 11.8 Å². The van der Waals surface area contributed by atoms with Gasteiger partial charge < -0.3 is 19.1 Å². The molecule has 2 atom stereocenters. The van der Waals surface area contributed by atoms with Crippen molar-refractivity contribution in [3.05, 3.63) is 18.2 Å². The largest absolute Gasteiger partial charge is 0.372 e. The molecule has 7 heteroatoms. The van der Waals surface area contributed by atoms with E-state index in [-0.39, 0.29) is 35.8 Å². The minimum absolute atomic E-state index is 0.0103. The number of imidazole rings is 1. The summed E-state index contributed by atoms with van der Waals surface area (Å²) in [6.45, 7) is 5.61. The molecule has 2 aliphatic heterocycles. The van der Waals surface area contributed by atoms with E-state index in [1.807, 2.05) is 36.6 Å². The maximum Gasteiger partial charge on any atom is 0.228 e. The number of likely N-dealkylation sites (tertiary alicyclic amines) is 1. The van der Waals surface area contributed by atoms with E-state index in [9.17, 15) is 9.59 Å². The Hall–Kier alpha value is -1.89. The molecule has 0 saturated carbocycles. The third-order valence-electron chi connectivity index (χ3n) is 4.76. The number of rotatable bonds is 2. The molecule has 2 aliphatic rings. The lowest BCUT2D eigenvalue weighted by molar-refractivity contribution is -0.151. The lowest BCUT2D eigenvalue weighted by atomic mass is 9.96. The van der Waals surface area contributed by atoms with Crippen molar-refractivity contribution in [2.75, 3.05) is 26.7 Å². The molecule has 2 saturated heterocycles. The zero-order valence-electron chi connectivity index (χ0n) is 14.2. The monoisotopic (exact) mass is 320 g/mol. The summed E-state index contributed by atoms with van der Waals surface area (Å²) in [4.78, 5) is 33.1. The van der Waals surface area contributed by atoms with E-state index < -0.39 is 0 Å². The summed E-state index contributed by atoms with van der Waals surface area (Å²) >= 11 is 0. The fraction of sp³-hybridized carbons (Fsp3) is 0.688. The van der Waals surface area contributed by atoms with Gasteiger partial charge >= 0.3 is 0 Å². The number of hydrogen-bond donors (Lipinski definition) is 0. The second-order valence-electron chi connectivity index (χ2n) is 7.02. The third kappa shape index (κ3) is 2.85. The van der Waals surface area contributed by atoms with Crippen LogP contribution in [-0.2, 0) is 21.4 Å². The molecule has 0 unspecified atom stereocenters. The first kappa shape index (κ1) is 16.0. The smallest absolute Gasteiger partial charge is 0.228 e. The third-order valence-corrected chi connectivity index (χ3v) is 4.76. The summed E-state index contributed by atoms with van der Waals surface area (Å²) in [6, 6.07) is -0.305. The fourth-order valence-corrected chi connectivity index (χ4v) is 3.55. The second kappa shape index (κ2) is 5.63. The zero-order valence-corrected chi connectivity index (χ0v) is 14.2. The Bertz CT molecular complexity index is 625. The highest BCUT2D eigenvalue weighted by Crippen LogP contribution is 2.37. The Morgan fingerprint density at radius 3 is 2.74 bits per heavy atom. The van der Waals surface area contributed by atoms with Gasteiger partial charge in [-0.15, -0.1) is 0 Å². The van der Waals surface area contributed by atoms with Crippen molar-refractivity contribution in [3.8, 4) is 0 Å². The standard InChI is InChI=1S/C16H24N4O3/c1-16(2)10-20(7-8-23-16)15(22)11-9-12(21)19(4)13(11)14-17-5-6-18(14)3/h5-6,11,13H,7-10H2,1-4H3/t11-,13-/m0/s1. The fourth-order valence-electron chi connectivity index (χ4n) is 3.55. The van der Waals surface area contributed by atoms with Crippen LogP contribution in [0.25, 0.3) is 0 Å². The predicted octanol–water partition coefficient (Wildman–Crippen LogP) is 0.577. The molecule has 0 aromatic carbocycles. The van der Waals surface area contributed by atoms with Gasteiger partial charge in [0.1, 0.15) is 11.9 Å². The lowest BCUT2D eigenvalue weighted by Gasteiger charge is -2.39. The lowest BCUT2D eigenvalue weighted by Crippen LogP contribution is -2.52. The van der Waals surface area contributed by atoms with Crippen molar-refractivity contribution in [2.24, 2.45) is 13.0 Å². The molecule has 1 aromatic rings. The van der Waals surface area contributed by atoms with Gasteiger partial charge in [-0.25, -0.2) is 4.98 Å². The molecular formula is C16H24N4O3. The summed E-state index contributed by atoms with van der Waals surface area (Å²) in [6.07, 6.45) is 3.78. The highest BCUT2D eigenvalue weighted by Gasteiger charge is 2.47. The molecule has 2 fully saturated rings. The van der Waals surface area contributed by atoms with E-state index in [1.165, 1.54) is 0 Å². The molecule has 2 amide bonds. The van der Waals surface area contributed by atoms with Crippen LogP contribution in [-0.4, -0.2) is 63.5 Å². The number of amides is 2. The number of aromatic nitrogens is 2. The summed E-state index contributed by atoms with van der Waals surface area (Å²) in [5, 5.41) is 0. The van der Waals surface area contributed by atoms with Crippen molar-refractivity contribution in [2.45, 2.75) is 31.9 Å². The van der Waals surface area contributed by atoms with Gasteiger partial charge in [0.25, 0.3) is 0 Å². The highest BCUT2D eigenvalue weighted by atomic mass is 16.5. The molecule has 0 aliphatic carbocycles. The van der Waals surface area contributed by atoms with Gasteiger partial charge in [-0.1, -0.05) is 0 Å². The van der Waals surface area contributed by atoms with E-state index >= 15 is 0 Å². The van der Waals surface area contributed by atoms with Crippen molar-refractivity contribution in [1.82, 2.24) is 19.4 Å². The van der Waals surface area contributed by atoms with Crippen LogP contribution in [0.15, 0.2) is 12.4 Å². The summed E-state index contributed by atoms with van der Waals surface area (Å²) in [7, 11) is 3.64. The first-order valence-corrected chi connectivity index (χ1v) is 7.96. The maximum atomic E-state index is 13.1. The molecule has 3 rings (SSSR count). The van der Waals surface area contributed by atoms with Crippen LogP contribution in [0.3, 0.4) is 0 Å². The molecule has 7 nitrogen and oxygen atoms in total. The minimum Gasteiger partial charge on any atom is -0.372 e. The number of ether oxygens (including phenoxy) is 1. The van der Waals surface area contributed by atoms with Gasteiger partial charge in [-0.2, -0.15) is 0 Å². The van der Waals surface area contributed by atoms with Gasteiger partial charge in [-0.3, -0.25) is 9.59 Å². The van der Waals surface area contributed by atoms with Gasteiger partial charge in [-0.05, 0) is 13.8 Å². The van der Waals surface area contributed by atoms with Crippen LogP contribution in [0.4, 0.5) is 0 Å². The van der Waals surface area contributed by atoms with Crippen LogP contribution in [0.1, 0.15) is 32.1 Å². The van der Waals surface area contributed by atoms with Gasteiger partial charge in [0, 0.05) is 46.0 Å². The molecule has 126 valence electrons. The number of hydrogen-bond acceptors (Lipinski definition) is 4. The average Bonchev–Trinajstić information content (AvgIpc) is 3.01. The van der Waals surface area contributed by atoms with Crippen molar-refractivity contribution < 1.29 is 14.3 Å². The molecule has 0 spiro atoms. The molecule has 0 N–H and O–H groups in total. The van der Waals surface area contributed by atoms with E-state index in [1.54, 1.807) is 18.1 Å². The Morgan fingerprint density at radius 1 is 1.39 bits per heavy atom.